The molecule has 0 aromatic heterocycles. The van der Waals surface area contributed by atoms with Crippen molar-refractivity contribution in [2.45, 2.75) is 33.2 Å². The summed E-state index contributed by atoms with van der Waals surface area (Å²) in [6, 6.07) is 4.39. The summed E-state index contributed by atoms with van der Waals surface area (Å²) in [6.07, 6.45) is 1.91. The highest BCUT2D eigenvalue weighted by Gasteiger charge is 2.19. The highest BCUT2D eigenvalue weighted by atomic mass is 32.2. The number of carbonyl (C=O) groups is 1. The van der Waals surface area contributed by atoms with Gasteiger partial charge in [0.2, 0.25) is 15.9 Å². The summed E-state index contributed by atoms with van der Waals surface area (Å²) in [7, 11) is -3.32. The molecule has 118 valence electrons. The minimum absolute atomic E-state index is 0.0947. The van der Waals surface area contributed by atoms with E-state index in [1.807, 2.05) is 13.8 Å². The Hall–Kier alpha value is -1.60. The largest absolute Gasteiger partial charge is 0.325 e. The van der Waals surface area contributed by atoms with Gasteiger partial charge >= 0.3 is 0 Å². The molecule has 0 saturated carbocycles. The van der Waals surface area contributed by atoms with Crippen molar-refractivity contribution >= 4 is 27.3 Å². The van der Waals surface area contributed by atoms with Crippen molar-refractivity contribution in [2.75, 3.05) is 16.3 Å². The first kappa shape index (κ1) is 17.5. The van der Waals surface area contributed by atoms with Crippen LogP contribution in [0.1, 0.15) is 25.8 Å². The van der Waals surface area contributed by atoms with Crippen LogP contribution < -0.4 is 15.8 Å². The molecule has 0 aliphatic carbocycles. The summed E-state index contributed by atoms with van der Waals surface area (Å²) in [5.41, 5.74) is 7.67. The summed E-state index contributed by atoms with van der Waals surface area (Å²) in [6.45, 7) is 5.67. The first-order chi connectivity index (χ1) is 9.64. The standard InChI is InChI=1S/C14H23N3O3S/c1-5-9(2)13(15)14(18)16-11-6-7-12(10(3)8-11)17-21(4,19)20/h6-9,13,17H,5,15H2,1-4H3,(H,16,18). The number of rotatable bonds is 6. The molecule has 1 rings (SSSR count). The number of anilines is 2. The maximum Gasteiger partial charge on any atom is 0.241 e. The van der Waals surface area contributed by atoms with Crippen molar-refractivity contribution < 1.29 is 13.2 Å². The van der Waals surface area contributed by atoms with E-state index in [-0.39, 0.29) is 11.8 Å². The topological polar surface area (TPSA) is 101 Å². The van der Waals surface area contributed by atoms with Gasteiger partial charge in [0.05, 0.1) is 18.0 Å². The van der Waals surface area contributed by atoms with Crippen molar-refractivity contribution in [3.8, 4) is 0 Å². The molecule has 0 radical (unpaired) electrons. The second-order valence-corrected chi connectivity index (χ2v) is 7.05. The van der Waals surface area contributed by atoms with E-state index in [2.05, 4.69) is 10.0 Å². The lowest BCUT2D eigenvalue weighted by Gasteiger charge is -2.18. The average Bonchev–Trinajstić information content (AvgIpc) is 2.38. The Kier molecular flexibility index (Phi) is 5.74. The Labute approximate surface area is 126 Å². The molecule has 1 aromatic rings. The number of carbonyl (C=O) groups excluding carboxylic acids is 1. The molecule has 1 aromatic carbocycles. The van der Waals surface area contributed by atoms with Crippen LogP contribution in [0.25, 0.3) is 0 Å². The SMILES string of the molecule is CCC(C)C(N)C(=O)Nc1ccc(NS(C)(=O)=O)c(C)c1. The number of hydrogen-bond donors (Lipinski definition) is 3. The fraction of sp³-hybridized carbons (Fsp3) is 0.500. The van der Waals surface area contributed by atoms with Gasteiger partial charge < -0.3 is 11.1 Å². The van der Waals surface area contributed by atoms with E-state index < -0.39 is 16.1 Å². The molecule has 0 aliphatic heterocycles. The highest BCUT2D eigenvalue weighted by molar-refractivity contribution is 7.92. The fourth-order valence-electron chi connectivity index (χ4n) is 1.79. The number of sulfonamides is 1. The van der Waals surface area contributed by atoms with Crippen LogP contribution in [0.2, 0.25) is 0 Å². The van der Waals surface area contributed by atoms with Crippen LogP contribution in [0.4, 0.5) is 11.4 Å². The van der Waals surface area contributed by atoms with Gasteiger partial charge in [0.15, 0.2) is 0 Å². The Morgan fingerprint density at radius 2 is 2.00 bits per heavy atom. The van der Waals surface area contributed by atoms with Gasteiger partial charge in [-0.05, 0) is 36.6 Å². The van der Waals surface area contributed by atoms with Crippen LogP contribution in [-0.2, 0) is 14.8 Å². The summed E-state index contributed by atoms with van der Waals surface area (Å²) < 4.78 is 24.8. The zero-order chi connectivity index (χ0) is 16.2. The third kappa shape index (κ3) is 5.35. The lowest BCUT2D eigenvalue weighted by atomic mass is 9.99. The maximum atomic E-state index is 12.0. The first-order valence-electron chi connectivity index (χ1n) is 6.79. The van der Waals surface area contributed by atoms with Crippen LogP contribution in [0.3, 0.4) is 0 Å². The number of nitrogens with two attached hydrogens (primary N) is 1. The molecule has 0 saturated heterocycles. The van der Waals surface area contributed by atoms with Crippen molar-refractivity contribution in [1.82, 2.24) is 0 Å². The third-order valence-corrected chi connectivity index (χ3v) is 3.94. The van der Waals surface area contributed by atoms with E-state index >= 15 is 0 Å². The van der Waals surface area contributed by atoms with Gasteiger partial charge in [0, 0.05) is 5.69 Å². The van der Waals surface area contributed by atoms with Crippen molar-refractivity contribution in [3.63, 3.8) is 0 Å². The summed E-state index contributed by atoms with van der Waals surface area (Å²) >= 11 is 0. The summed E-state index contributed by atoms with van der Waals surface area (Å²) in [5.74, 6) is -0.148. The van der Waals surface area contributed by atoms with Crippen LogP contribution in [-0.4, -0.2) is 26.6 Å². The minimum atomic E-state index is -3.32. The van der Waals surface area contributed by atoms with Crippen molar-refractivity contribution in [3.05, 3.63) is 23.8 Å². The second-order valence-electron chi connectivity index (χ2n) is 5.30. The van der Waals surface area contributed by atoms with Gasteiger partial charge in [-0.25, -0.2) is 8.42 Å². The van der Waals surface area contributed by atoms with Crippen LogP contribution in [0.5, 0.6) is 0 Å². The lowest BCUT2D eigenvalue weighted by molar-refractivity contribution is -0.118. The number of hydrogen-bond acceptors (Lipinski definition) is 4. The monoisotopic (exact) mass is 313 g/mol. The molecule has 0 fully saturated rings. The van der Waals surface area contributed by atoms with Gasteiger partial charge in [-0.15, -0.1) is 0 Å². The second kappa shape index (κ2) is 6.91. The molecule has 0 bridgehead atoms. The maximum absolute atomic E-state index is 12.0. The molecular formula is C14H23N3O3S. The predicted molar refractivity (Wildman–Crippen MR) is 85.7 cm³/mol. The van der Waals surface area contributed by atoms with Gasteiger partial charge in [-0.3, -0.25) is 9.52 Å². The molecule has 21 heavy (non-hydrogen) atoms. The summed E-state index contributed by atoms with van der Waals surface area (Å²) in [4.78, 5) is 12.0. The smallest absolute Gasteiger partial charge is 0.241 e. The van der Waals surface area contributed by atoms with Gasteiger partial charge in [0.1, 0.15) is 0 Å². The molecule has 0 aliphatic rings. The fourth-order valence-corrected chi connectivity index (χ4v) is 2.42. The molecule has 2 atom stereocenters. The number of nitrogens with one attached hydrogen (secondary N) is 2. The van der Waals surface area contributed by atoms with Crippen molar-refractivity contribution in [2.24, 2.45) is 11.7 Å². The van der Waals surface area contributed by atoms with Gasteiger partial charge in [0.25, 0.3) is 0 Å². The summed E-state index contributed by atoms with van der Waals surface area (Å²) in [5, 5.41) is 2.75. The Morgan fingerprint density at radius 3 is 2.48 bits per heavy atom. The van der Waals surface area contributed by atoms with E-state index in [9.17, 15) is 13.2 Å². The zero-order valence-electron chi connectivity index (χ0n) is 12.8. The molecule has 2 unspecified atom stereocenters. The van der Waals surface area contributed by atoms with E-state index in [4.69, 9.17) is 5.73 Å². The minimum Gasteiger partial charge on any atom is -0.325 e. The Bertz CT molecular complexity index is 614. The Balaban J connectivity index is 2.83. The third-order valence-electron chi connectivity index (χ3n) is 3.35. The van der Waals surface area contributed by atoms with E-state index in [1.54, 1.807) is 25.1 Å². The molecule has 6 nitrogen and oxygen atoms in total. The molecule has 7 heteroatoms. The van der Waals surface area contributed by atoms with E-state index in [0.717, 1.165) is 18.2 Å². The number of amides is 1. The molecular weight excluding hydrogens is 290 g/mol. The highest BCUT2D eigenvalue weighted by Crippen LogP contribution is 2.21. The van der Waals surface area contributed by atoms with Crippen LogP contribution >= 0.6 is 0 Å². The van der Waals surface area contributed by atoms with Gasteiger partial charge in [-0.2, -0.15) is 0 Å². The molecule has 0 spiro atoms. The van der Waals surface area contributed by atoms with Gasteiger partial charge in [-0.1, -0.05) is 20.3 Å². The first-order valence-corrected chi connectivity index (χ1v) is 8.68. The van der Waals surface area contributed by atoms with Crippen LogP contribution in [0.15, 0.2) is 18.2 Å². The van der Waals surface area contributed by atoms with E-state index in [1.165, 1.54) is 0 Å². The zero-order valence-corrected chi connectivity index (χ0v) is 13.6. The predicted octanol–water partition coefficient (Wildman–Crippen LogP) is 1.68. The molecule has 1 amide bonds. The van der Waals surface area contributed by atoms with Crippen LogP contribution in [0, 0.1) is 12.8 Å². The van der Waals surface area contributed by atoms with E-state index in [0.29, 0.717) is 11.4 Å². The molecule has 4 N–H and O–H groups in total. The lowest BCUT2D eigenvalue weighted by Crippen LogP contribution is -2.40. The average molecular weight is 313 g/mol. The normalized spacial score (nSPS) is 14.3. The number of aryl methyl sites for hydroxylation is 1. The number of benzene rings is 1. The quantitative estimate of drug-likeness (QED) is 0.743. The van der Waals surface area contributed by atoms with Crippen molar-refractivity contribution in [1.29, 1.82) is 0 Å². The molecule has 0 heterocycles. The Morgan fingerprint density at radius 1 is 1.38 bits per heavy atom.